The molecule has 4 nitrogen and oxygen atoms in total. The van der Waals surface area contributed by atoms with E-state index in [1.165, 1.54) is 19.4 Å². The average molecular weight is 256 g/mol. The molecule has 1 aliphatic carbocycles. The molecule has 1 saturated heterocycles. The molecule has 2 aliphatic rings. The third-order valence-corrected chi connectivity index (χ3v) is 4.11. The van der Waals surface area contributed by atoms with Crippen LogP contribution in [0.15, 0.2) is 18.2 Å². The lowest BCUT2D eigenvalue weighted by Crippen LogP contribution is -2.47. The van der Waals surface area contributed by atoms with Crippen molar-refractivity contribution >= 4 is 11.4 Å². The van der Waals surface area contributed by atoms with E-state index in [1.807, 2.05) is 18.2 Å². The highest BCUT2D eigenvalue weighted by Crippen LogP contribution is 2.30. The molecule has 0 aromatic heterocycles. The van der Waals surface area contributed by atoms with E-state index in [1.54, 1.807) is 0 Å². The van der Waals surface area contributed by atoms with Crippen LogP contribution in [0.2, 0.25) is 0 Å². The number of rotatable bonds is 3. The number of piperazine rings is 1. The highest BCUT2D eigenvalue weighted by Gasteiger charge is 2.26. The maximum atomic E-state index is 8.89. The molecule has 0 bridgehead atoms. The Balaban J connectivity index is 1.61. The van der Waals surface area contributed by atoms with Gasteiger partial charge in [-0.25, -0.2) is 0 Å². The fourth-order valence-electron chi connectivity index (χ4n) is 2.70. The predicted octanol–water partition coefficient (Wildman–Crippen LogP) is 1.67. The third kappa shape index (κ3) is 2.82. The summed E-state index contributed by atoms with van der Waals surface area (Å²) in [5, 5.41) is 8.89. The summed E-state index contributed by atoms with van der Waals surface area (Å²) in [6, 6.07) is 7.86. The zero-order valence-corrected chi connectivity index (χ0v) is 11.2. The van der Waals surface area contributed by atoms with Crippen molar-refractivity contribution in [3.8, 4) is 6.07 Å². The lowest BCUT2D eigenvalue weighted by atomic mass is 10.1. The van der Waals surface area contributed by atoms with Crippen LogP contribution < -0.4 is 10.6 Å². The monoisotopic (exact) mass is 256 g/mol. The van der Waals surface area contributed by atoms with Gasteiger partial charge in [-0.3, -0.25) is 4.90 Å². The van der Waals surface area contributed by atoms with E-state index in [9.17, 15) is 0 Å². The molecular weight excluding hydrogens is 236 g/mol. The average Bonchev–Trinajstić information content (AvgIpc) is 3.23. The number of nitrogen functional groups attached to an aromatic ring is 1. The lowest BCUT2D eigenvalue weighted by molar-refractivity contribution is 0.248. The van der Waals surface area contributed by atoms with Crippen LogP contribution in [0.3, 0.4) is 0 Å². The van der Waals surface area contributed by atoms with Gasteiger partial charge in [0, 0.05) is 38.4 Å². The standard InChI is InChI=1S/C15H20N4/c16-10-13-3-4-14(9-15(13)17)19-7-5-18(6-8-19)11-12-1-2-12/h3-4,9,12H,1-2,5-8,11,17H2. The number of anilines is 2. The van der Waals surface area contributed by atoms with Gasteiger partial charge in [0.2, 0.25) is 0 Å². The topological polar surface area (TPSA) is 56.3 Å². The van der Waals surface area contributed by atoms with Gasteiger partial charge >= 0.3 is 0 Å². The molecule has 2 fully saturated rings. The van der Waals surface area contributed by atoms with Gasteiger partial charge in [-0.2, -0.15) is 5.26 Å². The Hall–Kier alpha value is -1.73. The molecule has 19 heavy (non-hydrogen) atoms. The molecule has 0 unspecified atom stereocenters. The van der Waals surface area contributed by atoms with Gasteiger partial charge in [0.15, 0.2) is 0 Å². The predicted molar refractivity (Wildman–Crippen MR) is 76.9 cm³/mol. The molecule has 3 rings (SSSR count). The second-order valence-corrected chi connectivity index (χ2v) is 5.61. The number of nitriles is 1. The van der Waals surface area contributed by atoms with Crippen molar-refractivity contribution < 1.29 is 0 Å². The molecule has 0 spiro atoms. The molecule has 1 aliphatic heterocycles. The van der Waals surface area contributed by atoms with Crippen LogP contribution in [0.25, 0.3) is 0 Å². The Morgan fingerprint density at radius 3 is 2.53 bits per heavy atom. The highest BCUT2D eigenvalue weighted by atomic mass is 15.3. The normalized spacial score (nSPS) is 20.3. The fourth-order valence-corrected chi connectivity index (χ4v) is 2.70. The van der Waals surface area contributed by atoms with E-state index in [-0.39, 0.29) is 0 Å². The van der Waals surface area contributed by atoms with E-state index in [4.69, 9.17) is 11.0 Å². The van der Waals surface area contributed by atoms with E-state index < -0.39 is 0 Å². The molecule has 1 aromatic rings. The summed E-state index contributed by atoms with van der Waals surface area (Å²) in [6.07, 6.45) is 2.85. The van der Waals surface area contributed by atoms with Crippen molar-refractivity contribution in [1.82, 2.24) is 4.90 Å². The zero-order valence-electron chi connectivity index (χ0n) is 11.2. The first-order valence-corrected chi connectivity index (χ1v) is 7.03. The maximum absolute atomic E-state index is 8.89. The van der Waals surface area contributed by atoms with E-state index >= 15 is 0 Å². The summed E-state index contributed by atoms with van der Waals surface area (Å²) < 4.78 is 0. The first kappa shape index (κ1) is 12.3. The van der Waals surface area contributed by atoms with Crippen molar-refractivity contribution in [3.05, 3.63) is 23.8 Å². The van der Waals surface area contributed by atoms with E-state index in [0.717, 1.165) is 37.8 Å². The molecule has 1 aromatic carbocycles. The molecular formula is C15H20N4. The Labute approximate surface area is 114 Å². The van der Waals surface area contributed by atoms with Crippen molar-refractivity contribution in [2.75, 3.05) is 43.4 Å². The minimum absolute atomic E-state index is 0.566. The summed E-state index contributed by atoms with van der Waals surface area (Å²) in [6.45, 7) is 5.66. The summed E-state index contributed by atoms with van der Waals surface area (Å²) >= 11 is 0. The Bertz CT molecular complexity index is 493. The van der Waals surface area contributed by atoms with Crippen LogP contribution in [0.1, 0.15) is 18.4 Å². The first-order chi connectivity index (χ1) is 9.26. The highest BCUT2D eigenvalue weighted by molar-refractivity contribution is 5.63. The number of hydrogen-bond donors (Lipinski definition) is 1. The van der Waals surface area contributed by atoms with Gasteiger partial charge in [0.05, 0.1) is 11.3 Å². The van der Waals surface area contributed by atoms with Gasteiger partial charge in [0.25, 0.3) is 0 Å². The fraction of sp³-hybridized carbons (Fsp3) is 0.533. The first-order valence-electron chi connectivity index (χ1n) is 7.03. The zero-order chi connectivity index (χ0) is 13.2. The smallest absolute Gasteiger partial charge is 0.101 e. The van der Waals surface area contributed by atoms with Gasteiger partial charge in [-0.15, -0.1) is 0 Å². The molecule has 4 heteroatoms. The summed E-state index contributed by atoms with van der Waals surface area (Å²) in [7, 11) is 0. The summed E-state index contributed by atoms with van der Waals surface area (Å²) in [5.41, 5.74) is 8.17. The second-order valence-electron chi connectivity index (χ2n) is 5.61. The van der Waals surface area contributed by atoms with Gasteiger partial charge in [0.1, 0.15) is 6.07 Å². The summed E-state index contributed by atoms with van der Waals surface area (Å²) in [4.78, 5) is 4.93. The Kier molecular flexibility index (Phi) is 3.31. The minimum atomic E-state index is 0.566. The third-order valence-electron chi connectivity index (χ3n) is 4.11. The van der Waals surface area contributed by atoms with Crippen molar-refractivity contribution in [1.29, 1.82) is 5.26 Å². The maximum Gasteiger partial charge on any atom is 0.101 e. The summed E-state index contributed by atoms with van der Waals surface area (Å²) in [5.74, 6) is 0.970. The van der Waals surface area contributed by atoms with Crippen LogP contribution in [0.4, 0.5) is 11.4 Å². The number of nitrogens with two attached hydrogens (primary N) is 1. The second kappa shape index (κ2) is 5.10. The van der Waals surface area contributed by atoms with Crippen LogP contribution in [-0.2, 0) is 0 Å². The Morgan fingerprint density at radius 2 is 1.95 bits per heavy atom. The molecule has 0 radical (unpaired) electrons. The van der Waals surface area contributed by atoms with Gasteiger partial charge in [-0.05, 0) is 37.0 Å². The van der Waals surface area contributed by atoms with Crippen molar-refractivity contribution in [3.63, 3.8) is 0 Å². The van der Waals surface area contributed by atoms with Crippen LogP contribution in [0.5, 0.6) is 0 Å². The number of benzene rings is 1. The van der Waals surface area contributed by atoms with Crippen molar-refractivity contribution in [2.24, 2.45) is 5.92 Å². The number of nitrogens with zero attached hydrogens (tertiary/aromatic N) is 3. The lowest BCUT2D eigenvalue weighted by Gasteiger charge is -2.36. The minimum Gasteiger partial charge on any atom is -0.398 e. The van der Waals surface area contributed by atoms with E-state index in [2.05, 4.69) is 15.9 Å². The molecule has 1 heterocycles. The van der Waals surface area contributed by atoms with E-state index in [0.29, 0.717) is 11.3 Å². The van der Waals surface area contributed by atoms with Gasteiger partial charge < -0.3 is 10.6 Å². The van der Waals surface area contributed by atoms with Gasteiger partial charge in [-0.1, -0.05) is 0 Å². The molecule has 100 valence electrons. The Morgan fingerprint density at radius 1 is 1.21 bits per heavy atom. The van der Waals surface area contributed by atoms with Crippen molar-refractivity contribution in [2.45, 2.75) is 12.8 Å². The molecule has 2 N–H and O–H groups in total. The largest absolute Gasteiger partial charge is 0.398 e. The van der Waals surface area contributed by atoms with Crippen LogP contribution in [-0.4, -0.2) is 37.6 Å². The molecule has 1 saturated carbocycles. The quantitative estimate of drug-likeness (QED) is 0.836. The SMILES string of the molecule is N#Cc1ccc(N2CCN(CC3CC3)CC2)cc1N. The molecule has 0 amide bonds. The van der Waals surface area contributed by atoms with Crippen LogP contribution >= 0.6 is 0 Å². The number of hydrogen-bond acceptors (Lipinski definition) is 4. The van der Waals surface area contributed by atoms with Crippen LogP contribution in [0, 0.1) is 17.2 Å². The molecule has 0 atom stereocenters.